The van der Waals surface area contributed by atoms with Gasteiger partial charge in [0.1, 0.15) is 0 Å². The Balaban J connectivity index is 2.21. The van der Waals surface area contributed by atoms with Gasteiger partial charge in [-0.15, -0.1) is 0 Å². The number of hydrogen-bond acceptors (Lipinski definition) is 6. The van der Waals surface area contributed by atoms with E-state index in [1.165, 1.54) is 18.7 Å². The van der Waals surface area contributed by atoms with Gasteiger partial charge in [-0.05, 0) is 17.7 Å². The summed E-state index contributed by atoms with van der Waals surface area (Å²) in [6.45, 7) is 0.275. The fourth-order valence-corrected chi connectivity index (χ4v) is 3.87. The van der Waals surface area contributed by atoms with Gasteiger partial charge in [0.05, 0.1) is 29.5 Å². The van der Waals surface area contributed by atoms with Crippen LogP contribution < -0.4 is 11.2 Å². The molecule has 11 heteroatoms. The van der Waals surface area contributed by atoms with E-state index in [-0.39, 0.29) is 17.8 Å². The van der Waals surface area contributed by atoms with Crippen molar-refractivity contribution >= 4 is 52.1 Å². The highest BCUT2D eigenvalue weighted by Gasteiger charge is 2.20. The Hall–Kier alpha value is -2.23. The molecule has 0 spiro atoms. The normalized spacial score (nSPS) is 11.2. The summed E-state index contributed by atoms with van der Waals surface area (Å²) in [5.74, 6) is -0.421. The van der Waals surface area contributed by atoms with Gasteiger partial charge in [-0.25, -0.2) is 9.78 Å². The highest BCUT2D eigenvalue weighted by Crippen LogP contribution is 2.26. The Bertz CT molecular complexity index is 1200. The van der Waals surface area contributed by atoms with Crippen LogP contribution in [0.4, 0.5) is 0 Å². The summed E-state index contributed by atoms with van der Waals surface area (Å²) in [5, 5.41) is 1.21. The van der Waals surface area contributed by atoms with Crippen molar-refractivity contribution in [3.05, 3.63) is 54.6 Å². The number of ether oxygens (including phenoxy) is 1. The molecule has 0 atom stereocenters. The average Bonchev–Trinajstić information content (AvgIpc) is 3.04. The molecule has 0 radical (unpaired) electrons. The highest BCUT2D eigenvalue weighted by atomic mass is 35.5. The predicted octanol–water partition coefficient (Wildman–Crippen LogP) is 2.05. The van der Waals surface area contributed by atoms with Gasteiger partial charge in [0.2, 0.25) is 0 Å². The van der Waals surface area contributed by atoms with Crippen molar-refractivity contribution in [2.24, 2.45) is 14.1 Å². The Kier molecular flexibility index (Phi) is 5.87. The molecule has 3 aromatic rings. The van der Waals surface area contributed by atoms with Gasteiger partial charge in [0.25, 0.3) is 5.56 Å². The van der Waals surface area contributed by atoms with Crippen molar-refractivity contribution in [1.29, 1.82) is 0 Å². The standard InChI is InChI=1S/C17H16Cl2N4O4S/c1-21-14-13(15(25)22(2)17(21)26)20-16(28-8-12(24)27-3)23(14)7-9-4-5-10(18)11(19)6-9/h4-6H,7-8H2,1-3H3. The van der Waals surface area contributed by atoms with Crippen LogP contribution in [-0.2, 0) is 30.2 Å². The zero-order valence-electron chi connectivity index (χ0n) is 15.2. The summed E-state index contributed by atoms with van der Waals surface area (Å²) < 4.78 is 8.71. The number of nitrogens with zero attached hydrogens (tertiary/aromatic N) is 4. The van der Waals surface area contributed by atoms with Gasteiger partial charge in [-0.1, -0.05) is 41.0 Å². The lowest BCUT2D eigenvalue weighted by Crippen LogP contribution is -2.37. The van der Waals surface area contributed by atoms with Gasteiger partial charge in [0, 0.05) is 14.1 Å². The molecule has 28 heavy (non-hydrogen) atoms. The SMILES string of the molecule is COC(=O)CSc1nc2c(=O)n(C)c(=O)n(C)c2n1Cc1ccc(Cl)c(Cl)c1. The number of imidazole rings is 1. The van der Waals surface area contributed by atoms with Crippen LogP contribution in [0.25, 0.3) is 11.2 Å². The van der Waals surface area contributed by atoms with Crippen molar-refractivity contribution in [2.75, 3.05) is 12.9 Å². The van der Waals surface area contributed by atoms with Crippen molar-refractivity contribution in [3.8, 4) is 0 Å². The number of methoxy groups -OCH3 is 1. The molecule has 0 unspecified atom stereocenters. The summed E-state index contributed by atoms with van der Waals surface area (Å²) in [5.41, 5.74) is 0.300. The Morgan fingerprint density at radius 1 is 1.18 bits per heavy atom. The van der Waals surface area contributed by atoms with Gasteiger partial charge in [0.15, 0.2) is 16.3 Å². The molecule has 2 aromatic heterocycles. The van der Waals surface area contributed by atoms with Crippen LogP contribution in [0.5, 0.6) is 0 Å². The first-order valence-electron chi connectivity index (χ1n) is 8.04. The number of hydrogen-bond donors (Lipinski definition) is 0. The van der Waals surface area contributed by atoms with Crippen LogP contribution in [0, 0.1) is 0 Å². The number of fused-ring (bicyclic) bond motifs is 1. The Morgan fingerprint density at radius 2 is 1.89 bits per heavy atom. The molecule has 3 rings (SSSR count). The maximum Gasteiger partial charge on any atom is 0.332 e. The number of aromatic nitrogens is 4. The molecular weight excluding hydrogens is 427 g/mol. The fourth-order valence-electron chi connectivity index (χ4n) is 2.72. The number of rotatable bonds is 5. The average molecular weight is 443 g/mol. The maximum absolute atomic E-state index is 12.5. The first-order valence-corrected chi connectivity index (χ1v) is 9.78. The zero-order valence-corrected chi connectivity index (χ0v) is 17.6. The van der Waals surface area contributed by atoms with Gasteiger partial charge in [-0.3, -0.25) is 18.7 Å². The number of benzene rings is 1. The smallest absolute Gasteiger partial charge is 0.332 e. The van der Waals surface area contributed by atoms with Crippen molar-refractivity contribution < 1.29 is 9.53 Å². The molecule has 0 bridgehead atoms. The number of carbonyl (C=O) groups excluding carboxylic acids is 1. The Labute approximate surface area is 173 Å². The summed E-state index contributed by atoms with van der Waals surface area (Å²) in [6, 6.07) is 5.15. The number of esters is 1. The fraction of sp³-hybridized carbons (Fsp3) is 0.294. The largest absolute Gasteiger partial charge is 0.468 e. The topological polar surface area (TPSA) is 88.1 Å². The lowest BCUT2D eigenvalue weighted by Gasteiger charge is -2.12. The van der Waals surface area contributed by atoms with Crippen molar-refractivity contribution in [2.45, 2.75) is 11.7 Å². The molecule has 1 aromatic carbocycles. The van der Waals surface area contributed by atoms with Gasteiger partial charge >= 0.3 is 11.7 Å². The second-order valence-electron chi connectivity index (χ2n) is 5.97. The summed E-state index contributed by atoms with van der Waals surface area (Å²) >= 11 is 13.2. The summed E-state index contributed by atoms with van der Waals surface area (Å²) in [4.78, 5) is 40.9. The van der Waals surface area contributed by atoms with E-state index in [0.29, 0.717) is 20.8 Å². The Morgan fingerprint density at radius 3 is 2.54 bits per heavy atom. The second-order valence-corrected chi connectivity index (χ2v) is 7.73. The number of halogens is 2. The first kappa shape index (κ1) is 20.5. The van der Waals surface area contributed by atoms with Crippen LogP contribution in [0.15, 0.2) is 32.9 Å². The molecule has 0 aliphatic rings. The minimum atomic E-state index is -0.508. The third kappa shape index (κ3) is 3.69. The minimum absolute atomic E-state index is 0.00938. The molecule has 0 saturated heterocycles. The van der Waals surface area contributed by atoms with Crippen LogP contribution in [0.3, 0.4) is 0 Å². The number of thioether (sulfide) groups is 1. The molecule has 2 heterocycles. The highest BCUT2D eigenvalue weighted by molar-refractivity contribution is 7.99. The number of carbonyl (C=O) groups is 1. The van der Waals surface area contributed by atoms with Gasteiger partial charge < -0.3 is 9.30 Å². The zero-order chi connectivity index (χ0) is 20.6. The molecule has 8 nitrogen and oxygen atoms in total. The minimum Gasteiger partial charge on any atom is -0.468 e. The maximum atomic E-state index is 12.5. The van der Waals surface area contributed by atoms with E-state index < -0.39 is 17.2 Å². The van der Waals surface area contributed by atoms with E-state index in [1.54, 1.807) is 29.8 Å². The van der Waals surface area contributed by atoms with E-state index in [1.807, 2.05) is 0 Å². The molecule has 0 aliphatic carbocycles. The lowest BCUT2D eigenvalue weighted by molar-refractivity contribution is -0.137. The summed E-state index contributed by atoms with van der Waals surface area (Å²) in [7, 11) is 4.25. The third-order valence-corrected chi connectivity index (χ3v) is 5.87. The van der Waals surface area contributed by atoms with E-state index in [4.69, 9.17) is 23.2 Å². The molecule has 0 aliphatic heterocycles. The first-order chi connectivity index (χ1) is 13.2. The van der Waals surface area contributed by atoms with E-state index in [0.717, 1.165) is 21.9 Å². The molecule has 0 N–H and O–H groups in total. The number of aryl methyl sites for hydroxylation is 1. The predicted molar refractivity (Wildman–Crippen MR) is 109 cm³/mol. The van der Waals surface area contributed by atoms with E-state index >= 15 is 0 Å². The van der Waals surface area contributed by atoms with Crippen molar-refractivity contribution in [1.82, 2.24) is 18.7 Å². The van der Waals surface area contributed by atoms with Crippen LogP contribution in [0.1, 0.15) is 5.56 Å². The van der Waals surface area contributed by atoms with Crippen LogP contribution in [-0.4, -0.2) is 37.5 Å². The van der Waals surface area contributed by atoms with Crippen LogP contribution >= 0.6 is 35.0 Å². The van der Waals surface area contributed by atoms with Gasteiger partial charge in [-0.2, -0.15) is 0 Å². The molecule has 0 saturated carbocycles. The van der Waals surface area contributed by atoms with Crippen LogP contribution in [0.2, 0.25) is 10.0 Å². The molecule has 0 fully saturated rings. The lowest BCUT2D eigenvalue weighted by atomic mass is 10.2. The third-order valence-electron chi connectivity index (χ3n) is 4.18. The molecular formula is C17H16Cl2N4O4S. The van der Waals surface area contributed by atoms with E-state index in [2.05, 4.69) is 9.72 Å². The molecule has 148 valence electrons. The van der Waals surface area contributed by atoms with E-state index in [9.17, 15) is 14.4 Å². The monoisotopic (exact) mass is 442 g/mol. The quantitative estimate of drug-likeness (QED) is 0.443. The second kappa shape index (κ2) is 8.02. The van der Waals surface area contributed by atoms with Crippen molar-refractivity contribution in [3.63, 3.8) is 0 Å². The molecule has 0 amide bonds. The summed E-state index contributed by atoms with van der Waals surface area (Å²) in [6.07, 6.45) is 0.